The summed E-state index contributed by atoms with van der Waals surface area (Å²) in [4.78, 5) is 35.3. The highest BCUT2D eigenvalue weighted by atomic mass is 79.9. The van der Waals surface area contributed by atoms with Crippen LogP contribution >= 0.6 is 15.9 Å². The summed E-state index contributed by atoms with van der Waals surface area (Å²) in [6.45, 7) is 2.51. The van der Waals surface area contributed by atoms with Crippen LogP contribution in [0.25, 0.3) is 44.6 Å². The highest BCUT2D eigenvalue weighted by Gasteiger charge is 2.34. The second-order valence-electron chi connectivity index (χ2n) is 15.1. The molecule has 2 aliphatic heterocycles. The van der Waals surface area contributed by atoms with Crippen molar-refractivity contribution in [2.24, 2.45) is 11.8 Å². The van der Waals surface area contributed by atoms with Crippen molar-refractivity contribution in [3.63, 3.8) is 0 Å². The average molecular weight is 902 g/mol. The minimum Gasteiger partial charge on any atom is -0.356 e. The fourth-order valence-corrected chi connectivity index (χ4v) is 8.74. The Bertz CT molecular complexity index is 2950. The maximum absolute atomic E-state index is 14.3. The summed E-state index contributed by atoms with van der Waals surface area (Å²) >= 11 is 3.31. The van der Waals surface area contributed by atoms with E-state index in [4.69, 9.17) is 0 Å². The molecule has 20 heteroatoms. The van der Waals surface area contributed by atoms with Gasteiger partial charge in [-0.3, -0.25) is 9.36 Å². The van der Waals surface area contributed by atoms with Crippen LogP contribution in [0.3, 0.4) is 0 Å². The molecule has 0 radical (unpaired) electrons. The molecule has 4 atom stereocenters. The molecule has 0 spiro atoms. The van der Waals surface area contributed by atoms with Crippen LogP contribution in [0.1, 0.15) is 37.8 Å². The van der Waals surface area contributed by atoms with Crippen LogP contribution in [0.2, 0.25) is 0 Å². The summed E-state index contributed by atoms with van der Waals surface area (Å²) in [6.07, 6.45) is 16.2. The first-order chi connectivity index (χ1) is 30.3. The van der Waals surface area contributed by atoms with E-state index in [0.29, 0.717) is 48.8 Å². The molecule has 0 aromatic carbocycles. The van der Waals surface area contributed by atoms with Crippen molar-refractivity contribution < 1.29 is 13.2 Å². The smallest absolute Gasteiger partial charge is 0.250 e. The van der Waals surface area contributed by atoms with Crippen LogP contribution in [0.5, 0.6) is 0 Å². The Labute approximate surface area is 360 Å². The van der Waals surface area contributed by atoms with Gasteiger partial charge in [-0.25, -0.2) is 33.7 Å². The third-order valence-corrected chi connectivity index (χ3v) is 11.9. The predicted molar refractivity (Wildman–Crippen MR) is 225 cm³/mol. The third-order valence-electron chi connectivity index (χ3n) is 11.5. The second-order valence-corrected chi connectivity index (χ2v) is 15.9. The molecule has 0 aliphatic carbocycles. The number of H-pyrrole nitrogens is 2. The van der Waals surface area contributed by atoms with E-state index < -0.39 is 11.8 Å². The van der Waals surface area contributed by atoms with Gasteiger partial charge in [-0.1, -0.05) is 0 Å². The first-order valence-corrected chi connectivity index (χ1v) is 20.6. The molecule has 10 rings (SSSR count). The standard InChI is InChI=1S/C21H18BrFN8.C21H18F2N8/c22-18-2-1-16(23)21(29-18)30-8-5-13(10-30)17(3-6-24)31-11-14(9-28-31)19-15-4-7-25-20(15)27-12-26-19;22-16-1-2-18(29-20(16)23)30-8-5-13(10-30)17(3-6-24)31-11-14(9-28-31)19-15-4-7-25-21(15)27-12-26-19/h2*1-2,4,7,9,11-13,17H,3,5,8,10H2,(H,25,26,27)/t2*13-,17-/m00/s1. The topological polar surface area (TPSA) is 199 Å². The second kappa shape index (κ2) is 17.4. The molecule has 0 unspecified atom stereocenters. The number of halogens is 4. The van der Waals surface area contributed by atoms with Crippen LogP contribution in [0, 0.1) is 52.1 Å². The molecule has 2 saturated heterocycles. The van der Waals surface area contributed by atoms with E-state index in [1.165, 1.54) is 24.8 Å². The van der Waals surface area contributed by atoms with Gasteiger partial charge in [0.1, 0.15) is 34.4 Å². The lowest BCUT2D eigenvalue weighted by Gasteiger charge is -2.23. The van der Waals surface area contributed by atoms with Crippen LogP contribution in [0.4, 0.5) is 24.8 Å². The SMILES string of the molecule is N#CC[C@@H]([C@H]1CCN(c2ccc(F)c(F)n2)C1)n1cc(-c2ncnc3[nH]ccc23)cn1.N#CC[C@@H]([C@H]1CCN(c2nc(Br)ccc2F)C1)n1cc(-c2ncnc3[nH]ccc23)cn1. The van der Waals surface area contributed by atoms with Gasteiger partial charge in [-0.15, -0.1) is 0 Å². The third kappa shape index (κ3) is 8.04. The number of hydrogen-bond donors (Lipinski definition) is 2. The molecular formula is C42H36BrF3N16. The summed E-state index contributed by atoms with van der Waals surface area (Å²) in [5.41, 5.74) is 4.78. The predicted octanol–water partition coefficient (Wildman–Crippen LogP) is 7.58. The van der Waals surface area contributed by atoms with E-state index in [0.717, 1.165) is 63.5 Å². The molecule has 10 heterocycles. The summed E-state index contributed by atoms with van der Waals surface area (Å²) in [5.74, 6) is -1.43. The van der Waals surface area contributed by atoms with Crippen molar-refractivity contribution in [2.75, 3.05) is 36.0 Å². The van der Waals surface area contributed by atoms with Gasteiger partial charge in [0.25, 0.3) is 5.95 Å². The molecule has 0 amide bonds. The van der Waals surface area contributed by atoms with Crippen LogP contribution in [-0.2, 0) is 0 Å². The number of pyridine rings is 2. The zero-order valence-electron chi connectivity index (χ0n) is 32.8. The average Bonchev–Trinajstić information content (AvgIpc) is 4.15. The highest BCUT2D eigenvalue weighted by molar-refractivity contribution is 9.10. The van der Waals surface area contributed by atoms with E-state index in [1.807, 2.05) is 56.1 Å². The molecule has 0 bridgehead atoms. The Kier molecular flexibility index (Phi) is 11.3. The zero-order chi connectivity index (χ0) is 42.7. The first-order valence-electron chi connectivity index (χ1n) is 19.8. The van der Waals surface area contributed by atoms with Crippen LogP contribution in [-0.4, -0.2) is 85.6 Å². The fourth-order valence-electron chi connectivity index (χ4n) is 8.44. The highest BCUT2D eigenvalue weighted by Crippen LogP contribution is 2.36. The maximum atomic E-state index is 14.3. The van der Waals surface area contributed by atoms with Crippen LogP contribution in [0.15, 0.2) is 90.8 Å². The van der Waals surface area contributed by atoms with Crippen molar-refractivity contribution in [1.82, 2.24) is 59.4 Å². The molecule has 62 heavy (non-hydrogen) atoms. The Morgan fingerprint density at radius 2 is 1.24 bits per heavy atom. The van der Waals surface area contributed by atoms with Gasteiger partial charge in [0.2, 0.25) is 0 Å². The Balaban J connectivity index is 0.000000158. The number of aromatic amines is 2. The fraction of sp³-hybridized carbons (Fsp3) is 0.286. The quantitative estimate of drug-likeness (QED) is 0.128. The molecule has 16 nitrogen and oxygen atoms in total. The number of anilines is 2. The molecule has 312 valence electrons. The monoisotopic (exact) mass is 900 g/mol. The molecule has 2 aliphatic rings. The van der Waals surface area contributed by atoms with E-state index in [-0.39, 0.29) is 36.2 Å². The lowest BCUT2D eigenvalue weighted by molar-refractivity contribution is 0.331. The maximum Gasteiger partial charge on any atom is 0.250 e. The van der Waals surface area contributed by atoms with Crippen molar-refractivity contribution in [3.05, 3.63) is 108 Å². The Morgan fingerprint density at radius 1 is 0.694 bits per heavy atom. The van der Waals surface area contributed by atoms with Gasteiger partial charge in [0.05, 0.1) is 60.8 Å². The number of hydrogen-bond acceptors (Lipinski definition) is 12. The summed E-state index contributed by atoms with van der Waals surface area (Å²) < 4.78 is 45.3. The number of nitrogens with zero attached hydrogens (tertiary/aromatic N) is 14. The molecule has 2 fully saturated rings. The number of aromatic nitrogens is 12. The molecule has 8 aromatic rings. The zero-order valence-corrected chi connectivity index (χ0v) is 34.4. The van der Waals surface area contributed by atoms with E-state index in [1.54, 1.807) is 18.5 Å². The van der Waals surface area contributed by atoms with Gasteiger partial charge in [0, 0.05) is 84.7 Å². The normalized spacial score (nSPS) is 17.2. The van der Waals surface area contributed by atoms with Gasteiger partial charge in [0.15, 0.2) is 17.5 Å². The Morgan fingerprint density at radius 3 is 1.81 bits per heavy atom. The molecular weight excluding hydrogens is 865 g/mol. The van der Waals surface area contributed by atoms with Crippen LogP contribution < -0.4 is 9.80 Å². The lowest BCUT2D eigenvalue weighted by Crippen LogP contribution is -2.26. The lowest BCUT2D eigenvalue weighted by atomic mass is 9.96. The minimum atomic E-state index is -1.10. The van der Waals surface area contributed by atoms with Crippen molar-refractivity contribution in [3.8, 4) is 34.7 Å². The van der Waals surface area contributed by atoms with Gasteiger partial charge in [-0.2, -0.15) is 30.1 Å². The first kappa shape index (κ1) is 40.2. The molecule has 0 saturated carbocycles. The van der Waals surface area contributed by atoms with Gasteiger partial charge < -0.3 is 19.8 Å². The van der Waals surface area contributed by atoms with E-state index >= 15 is 0 Å². The largest absolute Gasteiger partial charge is 0.356 e. The number of nitriles is 2. The number of fused-ring (bicyclic) bond motifs is 2. The van der Waals surface area contributed by atoms with Crippen molar-refractivity contribution in [1.29, 1.82) is 10.5 Å². The summed E-state index contributed by atoms with van der Waals surface area (Å²) in [6, 6.07) is 13.7. The van der Waals surface area contributed by atoms with Crippen molar-refractivity contribution in [2.45, 2.75) is 37.8 Å². The van der Waals surface area contributed by atoms with E-state index in [9.17, 15) is 23.7 Å². The number of nitrogens with one attached hydrogen (secondary N) is 2. The van der Waals surface area contributed by atoms with Gasteiger partial charge in [-0.05, 0) is 65.2 Å². The summed E-state index contributed by atoms with van der Waals surface area (Å²) in [5, 5.41) is 29.8. The van der Waals surface area contributed by atoms with Crippen molar-refractivity contribution >= 4 is 49.6 Å². The molecule has 2 N–H and O–H groups in total. The summed E-state index contributed by atoms with van der Waals surface area (Å²) in [7, 11) is 0. The van der Waals surface area contributed by atoms with E-state index in [2.05, 4.69) is 78.1 Å². The Hall–Kier alpha value is -7.19. The van der Waals surface area contributed by atoms with Gasteiger partial charge >= 0.3 is 0 Å². The minimum absolute atomic E-state index is 0.111. The number of rotatable bonds is 10. The molecule has 8 aromatic heterocycles.